The minimum atomic E-state index is -0.506. The van der Waals surface area contributed by atoms with Gasteiger partial charge in [-0.1, -0.05) is 0 Å². The molecule has 5 nitrogen and oxygen atoms in total. The van der Waals surface area contributed by atoms with Crippen LogP contribution in [0.3, 0.4) is 0 Å². The third kappa shape index (κ3) is 4.63. The fourth-order valence-corrected chi connectivity index (χ4v) is 2.16. The van der Waals surface area contributed by atoms with Crippen molar-refractivity contribution in [1.82, 2.24) is 10.2 Å². The van der Waals surface area contributed by atoms with E-state index in [1.807, 2.05) is 39.1 Å². The smallest absolute Gasteiger partial charge is 0.263 e. The van der Waals surface area contributed by atoms with Crippen molar-refractivity contribution in [2.45, 2.75) is 33.4 Å². The largest absolute Gasteiger partial charge is 0.497 e. The maximum atomic E-state index is 12.3. The molecule has 1 atom stereocenters. The number of rotatable bonds is 8. The number of nitrogens with zero attached hydrogens (tertiary/aromatic N) is 1. The SMILES string of the molecule is CCN(CC)C(=O)C(C)Oc1ccc(OC)cc1CNC. The number of benzene rings is 1. The number of hydrogen-bond acceptors (Lipinski definition) is 4. The Morgan fingerprint density at radius 1 is 1.33 bits per heavy atom. The monoisotopic (exact) mass is 294 g/mol. The van der Waals surface area contributed by atoms with Gasteiger partial charge in [0.1, 0.15) is 11.5 Å². The zero-order valence-electron chi connectivity index (χ0n) is 13.6. The molecule has 1 aromatic carbocycles. The van der Waals surface area contributed by atoms with Gasteiger partial charge in [-0.25, -0.2) is 0 Å². The normalized spacial score (nSPS) is 11.9. The lowest BCUT2D eigenvalue weighted by Gasteiger charge is -2.24. The van der Waals surface area contributed by atoms with E-state index in [1.54, 1.807) is 18.9 Å². The van der Waals surface area contributed by atoms with Crippen LogP contribution < -0.4 is 14.8 Å². The molecule has 0 spiro atoms. The summed E-state index contributed by atoms with van der Waals surface area (Å²) in [6.45, 7) is 7.75. The van der Waals surface area contributed by atoms with Crippen LogP contribution in [0.4, 0.5) is 0 Å². The number of amides is 1. The van der Waals surface area contributed by atoms with Crippen LogP contribution in [-0.2, 0) is 11.3 Å². The van der Waals surface area contributed by atoms with Crippen molar-refractivity contribution < 1.29 is 14.3 Å². The first kappa shape index (κ1) is 17.3. The van der Waals surface area contributed by atoms with Crippen molar-refractivity contribution in [3.05, 3.63) is 23.8 Å². The quantitative estimate of drug-likeness (QED) is 0.797. The average molecular weight is 294 g/mol. The maximum Gasteiger partial charge on any atom is 0.263 e. The Labute approximate surface area is 127 Å². The van der Waals surface area contributed by atoms with Crippen LogP contribution >= 0.6 is 0 Å². The molecule has 1 aromatic rings. The first-order valence-electron chi connectivity index (χ1n) is 7.34. The summed E-state index contributed by atoms with van der Waals surface area (Å²) in [7, 11) is 3.50. The van der Waals surface area contributed by atoms with Crippen LogP contribution in [0.25, 0.3) is 0 Å². The van der Waals surface area contributed by atoms with Gasteiger partial charge in [0.25, 0.3) is 5.91 Å². The standard InChI is InChI=1S/C16H26N2O3/c1-6-18(7-2)16(19)12(3)21-15-9-8-14(20-5)10-13(15)11-17-4/h8-10,12,17H,6-7,11H2,1-5H3. The molecule has 0 bridgehead atoms. The number of nitrogens with one attached hydrogen (secondary N) is 1. The predicted molar refractivity (Wildman–Crippen MR) is 83.8 cm³/mol. The number of ether oxygens (including phenoxy) is 2. The summed E-state index contributed by atoms with van der Waals surface area (Å²) in [4.78, 5) is 14.0. The lowest BCUT2D eigenvalue weighted by molar-refractivity contribution is -0.137. The Kier molecular flexibility index (Phi) is 7.02. The van der Waals surface area contributed by atoms with Crippen molar-refractivity contribution >= 4 is 5.91 Å². The number of carbonyl (C=O) groups is 1. The Balaban J connectivity index is 2.88. The topological polar surface area (TPSA) is 50.8 Å². The van der Waals surface area contributed by atoms with Crippen molar-refractivity contribution in [1.29, 1.82) is 0 Å². The molecule has 0 aliphatic heterocycles. The number of likely N-dealkylation sites (N-methyl/N-ethyl adjacent to an activating group) is 1. The van der Waals surface area contributed by atoms with Crippen LogP contribution in [0, 0.1) is 0 Å². The zero-order chi connectivity index (χ0) is 15.8. The molecule has 21 heavy (non-hydrogen) atoms. The van der Waals surface area contributed by atoms with Gasteiger partial charge in [0, 0.05) is 25.2 Å². The number of carbonyl (C=O) groups excluding carboxylic acids is 1. The van der Waals surface area contributed by atoms with E-state index in [2.05, 4.69) is 5.32 Å². The molecule has 0 fully saturated rings. The highest BCUT2D eigenvalue weighted by molar-refractivity contribution is 5.80. The van der Waals surface area contributed by atoms with Gasteiger partial charge in [0.15, 0.2) is 6.10 Å². The molecule has 0 saturated carbocycles. The van der Waals surface area contributed by atoms with Gasteiger partial charge in [-0.15, -0.1) is 0 Å². The Morgan fingerprint density at radius 3 is 2.52 bits per heavy atom. The van der Waals surface area contributed by atoms with Gasteiger partial charge in [-0.05, 0) is 46.0 Å². The highest BCUT2D eigenvalue weighted by atomic mass is 16.5. The lowest BCUT2D eigenvalue weighted by atomic mass is 10.2. The van der Waals surface area contributed by atoms with E-state index in [0.29, 0.717) is 25.4 Å². The molecular formula is C16H26N2O3. The van der Waals surface area contributed by atoms with Gasteiger partial charge in [-0.3, -0.25) is 4.79 Å². The van der Waals surface area contributed by atoms with Gasteiger partial charge in [-0.2, -0.15) is 0 Å². The molecule has 1 unspecified atom stereocenters. The summed E-state index contributed by atoms with van der Waals surface area (Å²) >= 11 is 0. The van der Waals surface area contributed by atoms with Crippen LogP contribution in [0.15, 0.2) is 18.2 Å². The van der Waals surface area contributed by atoms with Gasteiger partial charge in [0.2, 0.25) is 0 Å². The molecule has 0 heterocycles. The second-order valence-electron chi connectivity index (χ2n) is 4.77. The van der Waals surface area contributed by atoms with E-state index in [4.69, 9.17) is 9.47 Å². The Hall–Kier alpha value is -1.75. The van der Waals surface area contributed by atoms with Crippen LogP contribution in [0.2, 0.25) is 0 Å². The molecule has 0 aliphatic rings. The molecule has 0 radical (unpaired) electrons. The average Bonchev–Trinajstić information content (AvgIpc) is 2.50. The van der Waals surface area contributed by atoms with Gasteiger partial charge < -0.3 is 19.7 Å². The molecule has 1 rings (SSSR count). The van der Waals surface area contributed by atoms with Gasteiger partial charge in [0.05, 0.1) is 7.11 Å². The van der Waals surface area contributed by atoms with Crippen LogP contribution in [-0.4, -0.2) is 44.2 Å². The van der Waals surface area contributed by atoms with Crippen molar-refractivity contribution in [2.24, 2.45) is 0 Å². The van der Waals surface area contributed by atoms with Crippen molar-refractivity contribution in [2.75, 3.05) is 27.2 Å². The fraction of sp³-hybridized carbons (Fsp3) is 0.562. The van der Waals surface area contributed by atoms with E-state index >= 15 is 0 Å². The third-order valence-corrected chi connectivity index (χ3v) is 3.36. The third-order valence-electron chi connectivity index (χ3n) is 3.36. The molecule has 1 amide bonds. The van der Waals surface area contributed by atoms with Crippen molar-refractivity contribution in [3.63, 3.8) is 0 Å². The summed E-state index contributed by atoms with van der Waals surface area (Å²) in [6, 6.07) is 5.60. The molecule has 1 N–H and O–H groups in total. The fourth-order valence-electron chi connectivity index (χ4n) is 2.16. The highest BCUT2D eigenvalue weighted by Gasteiger charge is 2.20. The highest BCUT2D eigenvalue weighted by Crippen LogP contribution is 2.25. The van der Waals surface area contributed by atoms with Crippen molar-refractivity contribution in [3.8, 4) is 11.5 Å². The predicted octanol–water partition coefficient (Wildman–Crippen LogP) is 2.05. The first-order chi connectivity index (χ1) is 10.1. The molecule has 0 aliphatic carbocycles. The molecule has 0 aromatic heterocycles. The number of methoxy groups -OCH3 is 1. The van der Waals surface area contributed by atoms with E-state index in [-0.39, 0.29) is 5.91 Å². The van der Waals surface area contributed by atoms with Gasteiger partial charge >= 0.3 is 0 Å². The zero-order valence-corrected chi connectivity index (χ0v) is 13.6. The summed E-state index contributed by atoms with van der Waals surface area (Å²) in [5, 5.41) is 3.09. The van der Waals surface area contributed by atoms with Crippen LogP contribution in [0.5, 0.6) is 11.5 Å². The summed E-state index contributed by atoms with van der Waals surface area (Å²) < 4.78 is 11.1. The number of hydrogen-bond donors (Lipinski definition) is 1. The molecular weight excluding hydrogens is 268 g/mol. The van der Waals surface area contributed by atoms with E-state index in [0.717, 1.165) is 11.3 Å². The molecule has 5 heteroatoms. The Morgan fingerprint density at radius 2 is 2.00 bits per heavy atom. The van der Waals surface area contributed by atoms with Crippen LogP contribution in [0.1, 0.15) is 26.3 Å². The summed E-state index contributed by atoms with van der Waals surface area (Å²) in [5.41, 5.74) is 0.969. The second-order valence-corrected chi connectivity index (χ2v) is 4.77. The maximum absolute atomic E-state index is 12.3. The van der Waals surface area contributed by atoms with E-state index < -0.39 is 6.10 Å². The first-order valence-corrected chi connectivity index (χ1v) is 7.34. The van der Waals surface area contributed by atoms with E-state index in [1.165, 1.54) is 0 Å². The lowest BCUT2D eigenvalue weighted by Crippen LogP contribution is -2.40. The second kappa shape index (κ2) is 8.52. The van der Waals surface area contributed by atoms with E-state index in [9.17, 15) is 4.79 Å². The molecule has 118 valence electrons. The summed E-state index contributed by atoms with van der Waals surface area (Å²) in [6.07, 6.45) is -0.506. The minimum absolute atomic E-state index is 0.00576. The Bertz CT molecular complexity index is 459. The molecule has 0 saturated heterocycles. The minimum Gasteiger partial charge on any atom is -0.497 e. The summed E-state index contributed by atoms with van der Waals surface area (Å²) in [5.74, 6) is 1.49.